The van der Waals surface area contributed by atoms with Crippen LogP contribution in [0.4, 0.5) is 11.5 Å². The molecule has 1 atom stereocenters. The molecule has 4 rings (SSSR count). The van der Waals surface area contributed by atoms with Crippen molar-refractivity contribution >= 4 is 17.4 Å². The van der Waals surface area contributed by atoms with Crippen molar-refractivity contribution in [1.29, 1.82) is 5.26 Å². The van der Waals surface area contributed by atoms with Gasteiger partial charge in [0.15, 0.2) is 0 Å². The highest BCUT2D eigenvalue weighted by Gasteiger charge is 2.39. The third-order valence-electron chi connectivity index (χ3n) is 6.67. The van der Waals surface area contributed by atoms with E-state index in [1.807, 2.05) is 6.07 Å². The van der Waals surface area contributed by atoms with Gasteiger partial charge in [-0.05, 0) is 55.3 Å². The normalized spacial score (nSPS) is 23.6. The molecule has 2 aromatic heterocycles. The second-order valence-electron chi connectivity index (χ2n) is 9.12. The van der Waals surface area contributed by atoms with Gasteiger partial charge in [0, 0.05) is 45.2 Å². The molecule has 3 heterocycles. The molecule has 1 saturated carbocycles. The summed E-state index contributed by atoms with van der Waals surface area (Å²) in [7, 11) is 1.70. The number of pyridine rings is 2. The number of carbonyl (C=O) groups is 1. The van der Waals surface area contributed by atoms with Gasteiger partial charge in [0.1, 0.15) is 11.4 Å². The highest BCUT2D eigenvalue weighted by Crippen LogP contribution is 2.37. The van der Waals surface area contributed by atoms with Crippen LogP contribution in [0.3, 0.4) is 0 Å². The van der Waals surface area contributed by atoms with E-state index in [4.69, 9.17) is 14.5 Å². The summed E-state index contributed by atoms with van der Waals surface area (Å²) in [6, 6.07) is 8.55. The Morgan fingerprint density at radius 3 is 2.85 bits per heavy atom. The second kappa shape index (κ2) is 9.92. The summed E-state index contributed by atoms with van der Waals surface area (Å²) in [6.07, 6.45) is 6.44. The molecular formula is C26H31N5O3. The van der Waals surface area contributed by atoms with Gasteiger partial charge in [0.25, 0.3) is 0 Å². The first kappa shape index (κ1) is 23.9. The minimum Gasteiger partial charge on any atom is -0.378 e. The van der Waals surface area contributed by atoms with Crippen molar-refractivity contribution in [2.75, 3.05) is 30.5 Å². The van der Waals surface area contributed by atoms with Gasteiger partial charge in [0.05, 0.1) is 36.2 Å². The van der Waals surface area contributed by atoms with Crippen LogP contribution < -0.4 is 10.2 Å². The molecule has 2 fully saturated rings. The standard InChI is InChI=1S/C26H31N5O3/c1-5-31(22-10-19(11-22)14-27)23-15-28-25(29-18(3)32)13-20(23)12-21-8-17(2)9-24(30-21)26(33-4)6-7-34-16-26/h5,8-9,13,15,19,22H,1,6-7,10-12,16H2,2-4H3,(H,28,29,32)/t19?,22?,26-/m0/s1. The van der Waals surface area contributed by atoms with Crippen LogP contribution in [0, 0.1) is 24.2 Å². The number of aryl methyl sites for hydroxylation is 1. The lowest BCUT2D eigenvalue weighted by molar-refractivity contribution is -0.114. The van der Waals surface area contributed by atoms with E-state index in [0.717, 1.165) is 47.5 Å². The maximum absolute atomic E-state index is 11.6. The van der Waals surface area contributed by atoms with Crippen LogP contribution in [0.15, 0.2) is 37.2 Å². The number of methoxy groups -OCH3 is 1. The molecule has 8 nitrogen and oxygen atoms in total. The summed E-state index contributed by atoms with van der Waals surface area (Å²) in [4.78, 5) is 23.2. The fourth-order valence-electron chi connectivity index (χ4n) is 4.75. The molecule has 0 radical (unpaired) electrons. The van der Waals surface area contributed by atoms with Crippen LogP contribution in [0.25, 0.3) is 0 Å². The number of carbonyl (C=O) groups excluding carboxylic acids is 1. The molecule has 0 spiro atoms. The molecule has 1 N–H and O–H groups in total. The first-order chi connectivity index (χ1) is 16.4. The van der Waals surface area contributed by atoms with E-state index in [2.05, 4.69) is 46.9 Å². The Balaban J connectivity index is 1.70. The number of nitrogens with zero attached hydrogens (tertiary/aromatic N) is 4. The Hall–Kier alpha value is -3.28. The highest BCUT2D eigenvalue weighted by molar-refractivity contribution is 5.88. The quantitative estimate of drug-likeness (QED) is 0.637. The minimum absolute atomic E-state index is 0.0716. The highest BCUT2D eigenvalue weighted by atomic mass is 16.5. The maximum Gasteiger partial charge on any atom is 0.222 e. The van der Waals surface area contributed by atoms with Crippen LogP contribution in [0.5, 0.6) is 0 Å². The van der Waals surface area contributed by atoms with Gasteiger partial charge in [0.2, 0.25) is 5.91 Å². The van der Waals surface area contributed by atoms with E-state index >= 15 is 0 Å². The number of hydrogen-bond donors (Lipinski definition) is 1. The monoisotopic (exact) mass is 461 g/mol. The molecule has 2 aromatic rings. The molecule has 8 heteroatoms. The third-order valence-corrected chi connectivity index (χ3v) is 6.67. The van der Waals surface area contributed by atoms with Gasteiger partial charge in [-0.2, -0.15) is 5.26 Å². The van der Waals surface area contributed by atoms with Gasteiger partial charge < -0.3 is 19.7 Å². The van der Waals surface area contributed by atoms with Crippen LogP contribution in [-0.4, -0.2) is 42.2 Å². The number of anilines is 2. The van der Waals surface area contributed by atoms with E-state index < -0.39 is 5.60 Å². The summed E-state index contributed by atoms with van der Waals surface area (Å²) in [6.45, 7) is 8.65. The van der Waals surface area contributed by atoms with Gasteiger partial charge >= 0.3 is 0 Å². The SMILES string of the molecule is C=CN(c1cnc(NC(C)=O)cc1Cc1cc(C)cc([C@]2(OC)CCOC2)n1)C1CC(C#N)C1. The van der Waals surface area contributed by atoms with Gasteiger partial charge in [-0.25, -0.2) is 4.98 Å². The second-order valence-corrected chi connectivity index (χ2v) is 9.12. The Bertz CT molecular complexity index is 1110. The van der Waals surface area contributed by atoms with Crippen LogP contribution in [0.1, 0.15) is 48.7 Å². The summed E-state index contributed by atoms with van der Waals surface area (Å²) in [5.74, 6) is 0.383. The van der Waals surface area contributed by atoms with E-state index in [1.165, 1.54) is 6.92 Å². The van der Waals surface area contributed by atoms with Gasteiger partial charge in [-0.15, -0.1) is 0 Å². The molecule has 34 heavy (non-hydrogen) atoms. The van der Waals surface area contributed by atoms with E-state index in [0.29, 0.717) is 25.5 Å². The number of aromatic nitrogens is 2. The van der Waals surface area contributed by atoms with Crippen molar-refractivity contribution in [3.63, 3.8) is 0 Å². The van der Waals surface area contributed by atoms with E-state index in [-0.39, 0.29) is 17.9 Å². The van der Waals surface area contributed by atoms with Crippen LogP contribution >= 0.6 is 0 Å². The zero-order valence-corrected chi connectivity index (χ0v) is 20.0. The minimum atomic E-state index is -0.533. The molecule has 1 amide bonds. The average molecular weight is 462 g/mol. The summed E-state index contributed by atoms with van der Waals surface area (Å²) in [5.41, 5.74) is 4.20. The molecule has 1 aliphatic carbocycles. The van der Waals surface area contributed by atoms with Crippen molar-refractivity contribution in [3.8, 4) is 6.07 Å². The number of hydrogen-bond acceptors (Lipinski definition) is 7. The lowest BCUT2D eigenvalue weighted by Crippen LogP contribution is -2.41. The number of nitriles is 1. The van der Waals surface area contributed by atoms with Crippen molar-refractivity contribution in [2.24, 2.45) is 5.92 Å². The largest absolute Gasteiger partial charge is 0.378 e. The van der Waals surface area contributed by atoms with E-state index in [9.17, 15) is 10.1 Å². The zero-order chi connectivity index (χ0) is 24.3. The smallest absolute Gasteiger partial charge is 0.222 e. The molecule has 1 aliphatic heterocycles. The molecule has 2 aliphatic rings. The Morgan fingerprint density at radius 2 is 2.24 bits per heavy atom. The van der Waals surface area contributed by atoms with Crippen molar-refractivity contribution in [3.05, 3.63) is 59.7 Å². The topological polar surface area (TPSA) is 100 Å². The van der Waals surface area contributed by atoms with E-state index in [1.54, 1.807) is 19.5 Å². The average Bonchev–Trinajstić information content (AvgIpc) is 3.26. The van der Waals surface area contributed by atoms with Gasteiger partial charge in [-0.3, -0.25) is 9.78 Å². The number of amides is 1. The van der Waals surface area contributed by atoms with Gasteiger partial charge in [-0.1, -0.05) is 6.58 Å². The maximum atomic E-state index is 11.6. The lowest BCUT2D eigenvalue weighted by atomic mass is 9.80. The zero-order valence-electron chi connectivity index (χ0n) is 20.0. The molecule has 1 saturated heterocycles. The molecule has 178 valence electrons. The summed E-state index contributed by atoms with van der Waals surface area (Å²) in [5, 5.41) is 12.0. The Kier molecular flexibility index (Phi) is 6.96. The Morgan fingerprint density at radius 1 is 1.44 bits per heavy atom. The molecule has 0 bridgehead atoms. The molecule has 0 aromatic carbocycles. The molecule has 0 unspecified atom stereocenters. The lowest BCUT2D eigenvalue weighted by Gasteiger charge is -2.40. The van der Waals surface area contributed by atoms with Crippen LogP contribution in [-0.2, 0) is 26.3 Å². The fraction of sp³-hybridized carbons (Fsp3) is 0.462. The number of ether oxygens (including phenoxy) is 2. The first-order valence-electron chi connectivity index (χ1n) is 11.6. The predicted molar refractivity (Wildman–Crippen MR) is 129 cm³/mol. The fourth-order valence-corrected chi connectivity index (χ4v) is 4.75. The summed E-state index contributed by atoms with van der Waals surface area (Å²) >= 11 is 0. The van der Waals surface area contributed by atoms with Crippen molar-refractivity contribution < 1.29 is 14.3 Å². The molecular weight excluding hydrogens is 430 g/mol. The van der Waals surface area contributed by atoms with Crippen molar-refractivity contribution in [1.82, 2.24) is 9.97 Å². The Labute approximate surface area is 200 Å². The summed E-state index contributed by atoms with van der Waals surface area (Å²) < 4.78 is 11.5. The first-order valence-corrected chi connectivity index (χ1v) is 11.6. The predicted octanol–water partition coefficient (Wildman–Crippen LogP) is 3.85. The van der Waals surface area contributed by atoms with Crippen LogP contribution in [0.2, 0.25) is 0 Å². The number of rotatable bonds is 8. The number of nitrogens with one attached hydrogen (secondary N) is 1. The third kappa shape index (κ3) is 4.81. The van der Waals surface area contributed by atoms with Crippen molar-refractivity contribution in [2.45, 2.75) is 51.2 Å².